The normalized spacial score (nSPS) is 10.8. The topological polar surface area (TPSA) is 41.8 Å². The lowest BCUT2D eigenvalue weighted by atomic mass is 10.1. The third-order valence-corrected chi connectivity index (χ3v) is 2.98. The van der Waals surface area contributed by atoms with E-state index >= 15 is 0 Å². The van der Waals surface area contributed by atoms with Gasteiger partial charge in [-0.25, -0.2) is 0 Å². The monoisotopic (exact) mass is 222 g/mol. The Labute approximate surface area is 100 Å². The average molecular weight is 222 g/mol. The zero-order valence-electron chi connectivity index (χ0n) is 9.48. The van der Waals surface area contributed by atoms with Crippen molar-refractivity contribution >= 4 is 16.6 Å². The van der Waals surface area contributed by atoms with Crippen molar-refractivity contribution in [3.63, 3.8) is 0 Å². The van der Waals surface area contributed by atoms with E-state index in [-0.39, 0.29) is 0 Å². The first-order valence-corrected chi connectivity index (χ1v) is 5.73. The van der Waals surface area contributed by atoms with Gasteiger partial charge in [-0.3, -0.25) is 0 Å². The van der Waals surface area contributed by atoms with E-state index in [0.29, 0.717) is 0 Å². The van der Waals surface area contributed by atoms with Gasteiger partial charge in [0.2, 0.25) is 0 Å². The highest BCUT2D eigenvalue weighted by molar-refractivity contribution is 5.90. The Morgan fingerprint density at radius 3 is 2.53 bits per heavy atom. The Morgan fingerprint density at radius 2 is 1.76 bits per heavy atom. The van der Waals surface area contributed by atoms with E-state index < -0.39 is 0 Å². The fourth-order valence-electron chi connectivity index (χ4n) is 2.15. The van der Waals surface area contributed by atoms with Gasteiger partial charge in [0.15, 0.2) is 0 Å². The molecule has 1 heterocycles. The number of hydrogen-bond donors (Lipinski definition) is 2. The number of nitrogens with one attached hydrogen (secondary N) is 1. The fourth-order valence-corrected chi connectivity index (χ4v) is 2.15. The molecule has 84 valence electrons. The number of nitrogens with two attached hydrogens (primary N) is 1. The van der Waals surface area contributed by atoms with Gasteiger partial charge < -0.3 is 10.7 Å². The number of para-hydroxylation sites is 1. The first-order valence-electron chi connectivity index (χ1n) is 5.73. The summed E-state index contributed by atoms with van der Waals surface area (Å²) in [6.07, 6.45) is 0.912. The van der Waals surface area contributed by atoms with Crippen LogP contribution in [0.2, 0.25) is 0 Å². The van der Waals surface area contributed by atoms with E-state index in [0.717, 1.165) is 17.6 Å². The molecule has 0 atom stereocenters. The number of H-pyrrole nitrogens is 1. The fraction of sp³-hybridized carbons (Fsp3) is 0.0667. The van der Waals surface area contributed by atoms with E-state index in [1.807, 2.05) is 18.2 Å². The van der Waals surface area contributed by atoms with E-state index in [1.54, 1.807) is 0 Å². The third kappa shape index (κ3) is 1.89. The van der Waals surface area contributed by atoms with Crippen LogP contribution in [0.5, 0.6) is 0 Å². The van der Waals surface area contributed by atoms with Crippen molar-refractivity contribution in [2.45, 2.75) is 6.42 Å². The van der Waals surface area contributed by atoms with Crippen molar-refractivity contribution in [2.24, 2.45) is 0 Å². The summed E-state index contributed by atoms with van der Waals surface area (Å²) in [7, 11) is 0. The number of hydrogen-bond acceptors (Lipinski definition) is 1. The second-order valence-electron chi connectivity index (χ2n) is 4.27. The first-order chi connectivity index (χ1) is 8.33. The summed E-state index contributed by atoms with van der Waals surface area (Å²) in [5.74, 6) is 0. The number of aromatic amines is 1. The maximum Gasteiger partial charge on any atom is 0.0689 e. The van der Waals surface area contributed by atoms with Crippen molar-refractivity contribution in [1.82, 2.24) is 4.98 Å². The van der Waals surface area contributed by atoms with Crippen LogP contribution in [-0.4, -0.2) is 4.98 Å². The molecule has 0 aliphatic heterocycles. The average Bonchev–Trinajstić information content (AvgIpc) is 2.74. The van der Waals surface area contributed by atoms with E-state index in [9.17, 15) is 0 Å². The van der Waals surface area contributed by atoms with Crippen molar-refractivity contribution in [3.8, 4) is 0 Å². The molecule has 0 unspecified atom stereocenters. The van der Waals surface area contributed by atoms with Crippen LogP contribution in [0.25, 0.3) is 10.9 Å². The maximum absolute atomic E-state index is 5.93. The lowest BCUT2D eigenvalue weighted by Crippen LogP contribution is -1.88. The molecule has 0 saturated carbocycles. The molecule has 0 amide bonds. The lowest BCUT2D eigenvalue weighted by Gasteiger charge is -1.98. The van der Waals surface area contributed by atoms with Crippen LogP contribution in [0.3, 0.4) is 0 Å². The highest BCUT2D eigenvalue weighted by atomic mass is 14.7. The minimum Gasteiger partial charge on any atom is -0.397 e. The van der Waals surface area contributed by atoms with Crippen LogP contribution < -0.4 is 5.73 Å². The van der Waals surface area contributed by atoms with Crippen molar-refractivity contribution < 1.29 is 0 Å². The molecule has 2 heteroatoms. The predicted molar refractivity (Wildman–Crippen MR) is 72.0 cm³/mol. The van der Waals surface area contributed by atoms with Gasteiger partial charge in [0, 0.05) is 17.5 Å². The van der Waals surface area contributed by atoms with Gasteiger partial charge >= 0.3 is 0 Å². The molecule has 0 radical (unpaired) electrons. The summed E-state index contributed by atoms with van der Waals surface area (Å²) >= 11 is 0. The van der Waals surface area contributed by atoms with Crippen LogP contribution in [-0.2, 0) is 6.42 Å². The Hall–Kier alpha value is -2.22. The van der Waals surface area contributed by atoms with Crippen LogP contribution in [0.1, 0.15) is 11.3 Å². The molecule has 0 spiro atoms. The second-order valence-corrected chi connectivity index (χ2v) is 4.27. The molecule has 3 aromatic rings. The van der Waals surface area contributed by atoms with Gasteiger partial charge in [0.25, 0.3) is 0 Å². The first kappa shape index (κ1) is 9.97. The van der Waals surface area contributed by atoms with Gasteiger partial charge in [0.1, 0.15) is 0 Å². The number of aromatic nitrogens is 1. The summed E-state index contributed by atoms with van der Waals surface area (Å²) < 4.78 is 0. The van der Waals surface area contributed by atoms with E-state index in [1.165, 1.54) is 16.6 Å². The number of nitrogen functional groups attached to an aromatic ring is 1. The zero-order valence-corrected chi connectivity index (χ0v) is 9.48. The maximum atomic E-state index is 5.93. The third-order valence-electron chi connectivity index (χ3n) is 2.98. The molecule has 2 nitrogen and oxygen atoms in total. The van der Waals surface area contributed by atoms with Crippen molar-refractivity contribution in [2.75, 3.05) is 5.73 Å². The Balaban J connectivity index is 1.99. The largest absolute Gasteiger partial charge is 0.397 e. The number of benzene rings is 2. The summed E-state index contributed by atoms with van der Waals surface area (Å²) in [6, 6.07) is 18.6. The molecular formula is C15H14N2. The molecule has 0 aliphatic rings. The lowest BCUT2D eigenvalue weighted by molar-refractivity contribution is 1.12. The quantitative estimate of drug-likeness (QED) is 0.641. The van der Waals surface area contributed by atoms with Crippen LogP contribution in [0.4, 0.5) is 5.69 Å². The van der Waals surface area contributed by atoms with Gasteiger partial charge in [-0.15, -0.1) is 0 Å². The summed E-state index contributed by atoms with van der Waals surface area (Å²) in [4.78, 5) is 3.39. The molecule has 3 rings (SSSR count). The number of fused-ring (bicyclic) bond motifs is 1. The SMILES string of the molecule is Nc1cccc2cc(Cc3ccccc3)[nH]c12. The van der Waals surface area contributed by atoms with Gasteiger partial charge in [0.05, 0.1) is 11.2 Å². The molecule has 2 aromatic carbocycles. The van der Waals surface area contributed by atoms with Gasteiger partial charge in [-0.1, -0.05) is 42.5 Å². The summed E-state index contributed by atoms with van der Waals surface area (Å²) in [5, 5.41) is 1.18. The molecule has 0 fully saturated rings. The Kier molecular flexibility index (Phi) is 2.33. The zero-order chi connectivity index (χ0) is 11.7. The van der Waals surface area contributed by atoms with Crippen LogP contribution >= 0.6 is 0 Å². The predicted octanol–water partition coefficient (Wildman–Crippen LogP) is 3.34. The minimum atomic E-state index is 0.807. The standard InChI is InChI=1S/C15H14N2/c16-14-8-4-7-12-10-13(17-15(12)14)9-11-5-2-1-3-6-11/h1-8,10,17H,9,16H2. The van der Waals surface area contributed by atoms with Crippen molar-refractivity contribution in [1.29, 1.82) is 0 Å². The molecule has 0 saturated heterocycles. The molecule has 0 bridgehead atoms. The second kappa shape index (κ2) is 3.98. The molecular weight excluding hydrogens is 208 g/mol. The highest BCUT2D eigenvalue weighted by Crippen LogP contribution is 2.22. The van der Waals surface area contributed by atoms with Gasteiger partial charge in [-0.2, -0.15) is 0 Å². The summed E-state index contributed by atoms with van der Waals surface area (Å²) in [5.41, 5.74) is 10.3. The van der Waals surface area contributed by atoms with Gasteiger partial charge in [-0.05, 0) is 17.7 Å². The molecule has 3 N–H and O–H groups in total. The number of rotatable bonds is 2. The van der Waals surface area contributed by atoms with Crippen LogP contribution in [0.15, 0.2) is 54.6 Å². The Bertz CT molecular complexity index is 638. The summed E-state index contributed by atoms with van der Waals surface area (Å²) in [6.45, 7) is 0. The molecule has 17 heavy (non-hydrogen) atoms. The smallest absolute Gasteiger partial charge is 0.0689 e. The van der Waals surface area contributed by atoms with Crippen LogP contribution in [0, 0.1) is 0 Å². The minimum absolute atomic E-state index is 0.807. The Morgan fingerprint density at radius 1 is 0.941 bits per heavy atom. The number of anilines is 1. The molecule has 0 aliphatic carbocycles. The van der Waals surface area contributed by atoms with E-state index in [4.69, 9.17) is 5.73 Å². The van der Waals surface area contributed by atoms with E-state index in [2.05, 4.69) is 41.4 Å². The highest BCUT2D eigenvalue weighted by Gasteiger charge is 2.03. The van der Waals surface area contributed by atoms with Crippen molar-refractivity contribution in [3.05, 3.63) is 65.9 Å². The molecule has 1 aromatic heterocycles.